The van der Waals surface area contributed by atoms with Gasteiger partial charge in [-0.1, -0.05) is 6.92 Å². The van der Waals surface area contributed by atoms with Crippen LogP contribution in [0.2, 0.25) is 0 Å². The van der Waals surface area contributed by atoms with E-state index in [9.17, 15) is 19.7 Å². The largest absolute Gasteiger partial charge is 1.00 e. The van der Waals surface area contributed by atoms with E-state index in [1.165, 1.54) is 7.11 Å². The van der Waals surface area contributed by atoms with Crippen molar-refractivity contribution >= 4 is 7.82 Å². The molecule has 1 aliphatic heterocycles. The van der Waals surface area contributed by atoms with E-state index in [0.717, 1.165) is 0 Å². The van der Waals surface area contributed by atoms with Crippen LogP contribution in [0.4, 0.5) is 0 Å². The van der Waals surface area contributed by atoms with Crippen molar-refractivity contribution in [1.82, 2.24) is 0 Å². The van der Waals surface area contributed by atoms with Gasteiger partial charge in [0.1, 0.15) is 6.10 Å². The van der Waals surface area contributed by atoms with E-state index < -0.39 is 44.9 Å². The Kier molecular flexibility index (Phi) is 8.06. The van der Waals surface area contributed by atoms with E-state index in [0.29, 0.717) is 0 Å². The number of aliphatic hydroxyl groups is 2. The summed E-state index contributed by atoms with van der Waals surface area (Å²) in [5.41, 5.74) is 0. The fraction of sp³-hybridized carbons (Fsp3) is 1.00. The molecule has 0 saturated carbocycles. The van der Waals surface area contributed by atoms with E-state index in [1.54, 1.807) is 6.92 Å². The first-order chi connectivity index (χ1) is 7.76. The average Bonchev–Trinajstić information content (AvgIpc) is 2.24. The van der Waals surface area contributed by atoms with Gasteiger partial charge in [-0.3, -0.25) is 4.57 Å². The third kappa shape index (κ3) is 5.15. The summed E-state index contributed by atoms with van der Waals surface area (Å²) < 4.78 is 24.6. The molecule has 18 heavy (non-hydrogen) atoms. The predicted molar refractivity (Wildman–Crippen MR) is 52.6 cm³/mol. The van der Waals surface area contributed by atoms with Crippen LogP contribution >= 0.6 is 7.82 Å². The first-order valence-electron chi connectivity index (χ1n) is 4.99. The van der Waals surface area contributed by atoms with Crippen LogP contribution in [0, 0.1) is 5.92 Å². The van der Waals surface area contributed by atoms with Gasteiger partial charge < -0.3 is 34.0 Å². The summed E-state index contributed by atoms with van der Waals surface area (Å²) in [5.74, 6) is -0.567. The Morgan fingerprint density at radius 3 is 2.39 bits per heavy atom. The summed E-state index contributed by atoms with van der Waals surface area (Å²) in [6.07, 6.45) is -4.24. The second kappa shape index (κ2) is 7.66. The summed E-state index contributed by atoms with van der Waals surface area (Å²) in [5, 5.41) is 19.2. The van der Waals surface area contributed by atoms with E-state index in [4.69, 9.17) is 14.4 Å². The van der Waals surface area contributed by atoms with Gasteiger partial charge in [-0.25, -0.2) is 0 Å². The van der Waals surface area contributed by atoms with Crippen molar-refractivity contribution in [2.24, 2.45) is 5.92 Å². The van der Waals surface area contributed by atoms with Gasteiger partial charge in [-0.05, 0) is 0 Å². The SMILES string of the molecule is CO[C@H]1OC(COP(=O)([O-])O)[C@@H](C)[C@@H](O)C1O.[Na+]. The Labute approximate surface area is 127 Å². The van der Waals surface area contributed by atoms with Gasteiger partial charge >= 0.3 is 29.6 Å². The molecule has 10 heteroatoms. The molecule has 0 radical (unpaired) electrons. The minimum absolute atomic E-state index is 0. The summed E-state index contributed by atoms with van der Waals surface area (Å²) in [4.78, 5) is 18.9. The molecule has 3 unspecified atom stereocenters. The number of rotatable bonds is 4. The number of hydrogen-bond donors (Lipinski definition) is 3. The number of hydrogen-bond acceptors (Lipinski definition) is 7. The van der Waals surface area contributed by atoms with Crippen molar-refractivity contribution < 1.29 is 68.1 Å². The van der Waals surface area contributed by atoms with Gasteiger partial charge in [-0.2, -0.15) is 0 Å². The smallest absolute Gasteiger partial charge is 0.756 e. The summed E-state index contributed by atoms with van der Waals surface area (Å²) in [7, 11) is -3.56. The van der Waals surface area contributed by atoms with Crippen molar-refractivity contribution in [2.75, 3.05) is 13.7 Å². The number of phosphoric acid groups is 1. The van der Waals surface area contributed by atoms with Crippen LogP contribution in [0.3, 0.4) is 0 Å². The maximum Gasteiger partial charge on any atom is 1.00 e. The summed E-state index contributed by atoms with van der Waals surface area (Å²) in [6.45, 7) is 1.10. The third-order valence-corrected chi connectivity index (χ3v) is 3.17. The van der Waals surface area contributed by atoms with Crippen molar-refractivity contribution in [3.8, 4) is 0 Å². The average molecular weight is 294 g/mol. The van der Waals surface area contributed by atoms with Crippen molar-refractivity contribution in [2.45, 2.75) is 31.5 Å². The van der Waals surface area contributed by atoms with Crippen LogP contribution in [0.5, 0.6) is 0 Å². The van der Waals surface area contributed by atoms with Gasteiger partial charge in [0.05, 0.1) is 18.8 Å². The third-order valence-electron chi connectivity index (χ3n) is 2.70. The molecule has 6 atom stereocenters. The molecule has 0 aromatic carbocycles. The van der Waals surface area contributed by atoms with Crippen LogP contribution in [0.25, 0.3) is 0 Å². The zero-order valence-corrected chi connectivity index (χ0v) is 13.3. The number of methoxy groups -OCH3 is 1. The van der Waals surface area contributed by atoms with Crippen molar-refractivity contribution in [3.05, 3.63) is 0 Å². The van der Waals surface area contributed by atoms with E-state index in [-0.39, 0.29) is 29.6 Å². The zero-order valence-electron chi connectivity index (χ0n) is 10.4. The van der Waals surface area contributed by atoms with Gasteiger partial charge in [0, 0.05) is 13.0 Å². The molecular weight excluding hydrogens is 278 g/mol. The summed E-state index contributed by atoms with van der Waals surface area (Å²) >= 11 is 0. The zero-order chi connectivity index (χ0) is 13.2. The molecule has 102 valence electrons. The van der Waals surface area contributed by atoms with Crippen LogP contribution in [0.1, 0.15) is 6.92 Å². The molecule has 3 N–H and O–H groups in total. The van der Waals surface area contributed by atoms with Crippen molar-refractivity contribution in [1.29, 1.82) is 0 Å². The van der Waals surface area contributed by atoms with Gasteiger partial charge in [0.2, 0.25) is 0 Å². The Balaban J connectivity index is 0.00000289. The molecule has 1 aliphatic rings. The molecule has 0 aromatic heterocycles. The standard InChI is InChI=1S/C8H17O8P.Na/c1-4-5(3-15-17(11,12)13)16-8(14-2)7(10)6(4)9;/h4-10H,3H2,1-2H3,(H2,11,12,13);/q;+1/p-1/t4-,5?,6-,7?,8+;/m1./s1. The quantitative estimate of drug-likeness (QED) is 0.348. The topological polar surface area (TPSA) is 129 Å². The minimum Gasteiger partial charge on any atom is -0.756 e. The normalized spacial score (nSPS) is 39.8. The van der Waals surface area contributed by atoms with Crippen LogP contribution < -0.4 is 34.5 Å². The molecule has 1 rings (SSSR count). The second-order valence-corrected chi connectivity index (χ2v) is 5.08. The van der Waals surface area contributed by atoms with Crippen molar-refractivity contribution in [3.63, 3.8) is 0 Å². The number of phosphoric ester groups is 1. The molecule has 1 saturated heterocycles. The van der Waals surface area contributed by atoms with Gasteiger partial charge in [0.25, 0.3) is 7.82 Å². The van der Waals surface area contributed by atoms with Gasteiger partial charge in [0.15, 0.2) is 6.29 Å². The van der Waals surface area contributed by atoms with E-state index in [1.807, 2.05) is 0 Å². The fourth-order valence-corrected chi connectivity index (χ4v) is 1.96. The Morgan fingerprint density at radius 1 is 1.39 bits per heavy atom. The van der Waals surface area contributed by atoms with Crippen LogP contribution in [-0.4, -0.2) is 53.4 Å². The number of ether oxygens (including phenoxy) is 2. The van der Waals surface area contributed by atoms with E-state index in [2.05, 4.69) is 4.52 Å². The molecule has 0 amide bonds. The molecule has 0 bridgehead atoms. The van der Waals surface area contributed by atoms with Crippen LogP contribution in [0.15, 0.2) is 0 Å². The first-order valence-corrected chi connectivity index (χ1v) is 6.48. The van der Waals surface area contributed by atoms with E-state index >= 15 is 0 Å². The Morgan fingerprint density at radius 2 is 1.94 bits per heavy atom. The molecular formula is C8H16NaO8P. The first kappa shape index (κ1) is 18.9. The Hall–Kier alpha value is 0.950. The fourth-order valence-electron chi connectivity index (χ4n) is 1.62. The molecule has 1 fully saturated rings. The maximum atomic E-state index is 10.4. The maximum absolute atomic E-state index is 10.4. The molecule has 1 heterocycles. The molecule has 0 aliphatic carbocycles. The van der Waals surface area contributed by atoms with Gasteiger partial charge in [-0.15, -0.1) is 0 Å². The molecule has 0 aromatic rings. The summed E-state index contributed by atoms with van der Waals surface area (Å²) in [6, 6.07) is 0. The number of aliphatic hydroxyl groups excluding tert-OH is 2. The minimum atomic E-state index is -4.84. The van der Waals surface area contributed by atoms with Crippen LogP contribution in [-0.2, 0) is 18.6 Å². The molecule has 0 spiro atoms. The Bertz CT molecular complexity index is 295. The molecule has 8 nitrogen and oxygen atoms in total. The monoisotopic (exact) mass is 294 g/mol. The second-order valence-electron chi connectivity index (χ2n) is 3.88. The predicted octanol–water partition coefficient (Wildman–Crippen LogP) is -4.80.